The Morgan fingerprint density at radius 3 is 2.31 bits per heavy atom. The van der Waals surface area contributed by atoms with E-state index in [-0.39, 0.29) is 12.2 Å². The van der Waals surface area contributed by atoms with E-state index in [1.54, 1.807) is 11.8 Å². The van der Waals surface area contributed by atoms with Crippen LogP contribution in [0.4, 0.5) is 11.4 Å². The quantitative estimate of drug-likeness (QED) is 0.474. The fourth-order valence-corrected chi connectivity index (χ4v) is 4.68. The van der Waals surface area contributed by atoms with Gasteiger partial charge in [0.2, 0.25) is 0 Å². The Morgan fingerprint density at radius 2 is 1.66 bits per heavy atom. The topological polar surface area (TPSA) is 24.9 Å². The van der Waals surface area contributed by atoms with Crippen molar-refractivity contribution in [1.29, 1.82) is 0 Å². The van der Waals surface area contributed by atoms with Crippen LogP contribution in [0.15, 0.2) is 40.1 Å². The first-order chi connectivity index (χ1) is 13.7. The Labute approximate surface area is 184 Å². The number of nitrogens with zero attached hydrogens (tertiary/aromatic N) is 2. The molecule has 2 aromatic rings. The lowest BCUT2D eigenvalue weighted by Gasteiger charge is -2.34. The Hall–Kier alpha value is -1.56. The fraction of sp³-hybridized carbons (Fsp3) is 0.478. The summed E-state index contributed by atoms with van der Waals surface area (Å²) in [5, 5.41) is 0.652. The van der Waals surface area contributed by atoms with Crippen molar-refractivity contribution < 1.29 is 9.47 Å². The first kappa shape index (κ1) is 22.1. The van der Waals surface area contributed by atoms with E-state index in [2.05, 4.69) is 48.2 Å². The monoisotopic (exact) mass is 434 g/mol. The second kappa shape index (κ2) is 9.50. The van der Waals surface area contributed by atoms with Gasteiger partial charge in [0.05, 0.1) is 28.6 Å². The number of fused-ring (bicyclic) bond motifs is 2. The molecule has 0 atom stereocenters. The van der Waals surface area contributed by atoms with Crippen LogP contribution >= 0.6 is 23.4 Å². The first-order valence-corrected chi connectivity index (χ1v) is 11.3. The molecule has 0 radical (unpaired) electrons. The second-order valence-corrected chi connectivity index (χ2v) is 9.61. The molecule has 0 aromatic heterocycles. The molecule has 3 rings (SSSR count). The van der Waals surface area contributed by atoms with Gasteiger partial charge in [0.25, 0.3) is 0 Å². The lowest BCUT2D eigenvalue weighted by Crippen LogP contribution is -2.25. The Kier molecular flexibility index (Phi) is 7.25. The number of ether oxygens (including phenoxy) is 2. The zero-order valence-corrected chi connectivity index (χ0v) is 19.7. The second-order valence-electron chi connectivity index (χ2n) is 8.12. The van der Waals surface area contributed by atoms with Gasteiger partial charge in [-0.1, -0.05) is 23.4 Å². The molecule has 0 aliphatic carbocycles. The molecule has 0 fully saturated rings. The van der Waals surface area contributed by atoms with E-state index in [4.69, 9.17) is 21.1 Å². The van der Waals surface area contributed by atoms with E-state index < -0.39 is 0 Å². The summed E-state index contributed by atoms with van der Waals surface area (Å²) in [5.41, 5.74) is 2.34. The van der Waals surface area contributed by atoms with Crippen molar-refractivity contribution in [2.24, 2.45) is 0 Å². The molecule has 29 heavy (non-hydrogen) atoms. The summed E-state index contributed by atoms with van der Waals surface area (Å²) in [4.78, 5) is 6.93. The highest BCUT2D eigenvalue weighted by molar-refractivity contribution is 7.99. The highest BCUT2D eigenvalue weighted by Crippen LogP contribution is 2.51. The molecule has 0 saturated carbocycles. The average molecular weight is 435 g/mol. The van der Waals surface area contributed by atoms with Gasteiger partial charge in [0.1, 0.15) is 11.5 Å². The van der Waals surface area contributed by atoms with Crippen LogP contribution in [0.3, 0.4) is 0 Å². The highest BCUT2D eigenvalue weighted by atomic mass is 35.5. The maximum Gasteiger partial charge on any atom is 0.139 e. The maximum atomic E-state index is 6.58. The molecule has 1 heterocycles. The van der Waals surface area contributed by atoms with Crippen LogP contribution in [-0.2, 0) is 0 Å². The third kappa shape index (κ3) is 5.53. The molecular formula is C23H31ClN2O2S. The molecular weight excluding hydrogens is 404 g/mol. The van der Waals surface area contributed by atoms with Gasteiger partial charge in [-0.05, 0) is 85.1 Å². The van der Waals surface area contributed by atoms with Crippen LogP contribution in [-0.4, -0.2) is 44.3 Å². The molecule has 0 unspecified atom stereocenters. The van der Waals surface area contributed by atoms with E-state index in [0.717, 1.165) is 41.6 Å². The number of benzene rings is 2. The Bertz CT molecular complexity index is 855. The standard InChI is InChI=1S/C23H31ClN2O2S/c1-15(2)27-17-8-9-19-22(12-17)29-23-14-21(28-16(3)4)18(24)13-20(23)26(19)11-7-10-25(5)6/h8-9,12-16H,7,10-11H2,1-6H3. The molecule has 0 N–H and O–H groups in total. The van der Waals surface area contributed by atoms with Crippen LogP contribution in [0.2, 0.25) is 5.02 Å². The summed E-state index contributed by atoms with van der Waals surface area (Å²) in [5.74, 6) is 1.63. The molecule has 2 aromatic carbocycles. The van der Waals surface area contributed by atoms with Gasteiger partial charge in [0, 0.05) is 16.3 Å². The molecule has 0 amide bonds. The largest absolute Gasteiger partial charge is 0.491 e. The van der Waals surface area contributed by atoms with E-state index in [1.165, 1.54) is 10.6 Å². The fourth-order valence-electron chi connectivity index (χ4n) is 3.34. The number of rotatable bonds is 8. The molecule has 1 aliphatic heterocycles. The SMILES string of the molecule is CC(C)Oc1ccc2c(c1)Sc1cc(OC(C)C)c(Cl)cc1N2CCCN(C)C. The van der Waals surface area contributed by atoms with Crippen molar-refractivity contribution in [1.82, 2.24) is 4.90 Å². The zero-order valence-electron chi connectivity index (χ0n) is 18.2. The van der Waals surface area contributed by atoms with Gasteiger partial charge in [0.15, 0.2) is 0 Å². The molecule has 158 valence electrons. The minimum atomic E-state index is 0.0775. The number of hydrogen-bond acceptors (Lipinski definition) is 5. The Morgan fingerprint density at radius 1 is 0.966 bits per heavy atom. The minimum absolute atomic E-state index is 0.0775. The third-order valence-corrected chi connectivity index (χ3v) is 5.86. The van der Waals surface area contributed by atoms with Crippen molar-refractivity contribution in [3.8, 4) is 11.5 Å². The normalized spacial score (nSPS) is 13.1. The molecule has 6 heteroatoms. The Balaban J connectivity index is 1.99. The maximum absolute atomic E-state index is 6.58. The van der Waals surface area contributed by atoms with Crippen LogP contribution in [0.1, 0.15) is 34.1 Å². The molecule has 1 aliphatic rings. The van der Waals surface area contributed by atoms with Crippen molar-refractivity contribution in [3.05, 3.63) is 35.4 Å². The predicted molar refractivity (Wildman–Crippen MR) is 124 cm³/mol. The smallest absolute Gasteiger partial charge is 0.139 e. The third-order valence-electron chi connectivity index (χ3n) is 4.47. The lowest BCUT2D eigenvalue weighted by atomic mass is 10.2. The van der Waals surface area contributed by atoms with Crippen LogP contribution < -0.4 is 14.4 Å². The van der Waals surface area contributed by atoms with Crippen LogP contribution in [0.5, 0.6) is 11.5 Å². The summed E-state index contributed by atoms with van der Waals surface area (Å²) < 4.78 is 11.9. The van der Waals surface area contributed by atoms with Crippen molar-refractivity contribution in [2.75, 3.05) is 32.1 Å². The number of hydrogen-bond donors (Lipinski definition) is 0. The van der Waals surface area contributed by atoms with Gasteiger partial charge in [-0.3, -0.25) is 0 Å². The molecule has 0 spiro atoms. The van der Waals surface area contributed by atoms with Crippen LogP contribution in [0.25, 0.3) is 0 Å². The van der Waals surface area contributed by atoms with Crippen molar-refractivity contribution in [2.45, 2.75) is 56.1 Å². The van der Waals surface area contributed by atoms with E-state index in [0.29, 0.717) is 5.02 Å². The van der Waals surface area contributed by atoms with Gasteiger partial charge in [-0.2, -0.15) is 0 Å². The van der Waals surface area contributed by atoms with E-state index >= 15 is 0 Å². The van der Waals surface area contributed by atoms with Crippen molar-refractivity contribution in [3.63, 3.8) is 0 Å². The van der Waals surface area contributed by atoms with E-state index in [1.807, 2.05) is 33.8 Å². The number of halogens is 1. The zero-order chi connectivity index (χ0) is 21.1. The first-order valence-electron chi connectivity index (χ1n) is 10.2. The van der Waals surface area contributed by atoms with Gasteiger partial charge in [-0.25, -0.2) is 0 Å². The number of anilines is 2. The summed E-state index contributed by atoms with van der Waals surface area (Å²) in [7, 11) is 4.21. The summed E-state index contributed by atoms with van der Waals surface area (Å²) in [6, 6.07) is 10.5. The predicted octanol–water partition coefficient (Wildman–Crippen LogP) is 6.47. The molecule has 4 nitrogen and oxygen atoms in total. The van der Waals surface area contributed by atoms with Gasteiger partial charge < -0.3 is 19.3 Å². The highest BCUT2D eigenvalue weighted by Gasteiger charge is 2.26. The van der Waals surface area contributed by atoms with Crippen molar-refractivity contribution >= 4 is 34.7 Å². The summed E-state index contributed by atoms with van der Waals surface area (Å²) in [6.07, 6.45) is 1.28. The lowest BCUT2D eigenvalue weighted by molar-refractivity contribution is 0.242. The summed E-state index contributed by atoms with van der Waals surface area (Å²) in [6.45, 7) is 10.1. The van der Waals surface area contributed by atoms with Crippen LogP contribution in [0, 0.1) is 0 Å². The van der Waals surface area contributed by atoms with E-state index in [9.17, 15) is 0 Å². The molecule has 0 bridgehead atoms. The van der Waals surface area contributed by atoms with Gasteiger partial charge >= 0.3 is 0 Å². The average Bonchev–Trinajstić information content (AvgIpc) is 2.61. The summed E-state index contributed by atoms with van der Waals surface area (Å²) >= 11 is 8.32. The van der Waals surface area contributed by atoms with Gasteiger partial charge in [-0.15, -0.1) is 0 Å². The molecule has 0 saturated heterocycles. The minimum Gasteiger partial charge on any atom is -0.491 e.